The molecule has 46 heavy (non-hydrogen) atoms. The van der Waals surface area contributed by atoms with Gasteiger partial charge in [-0.25, -0.2) is 9.97 Å². The summed E-state index contributed by atoms with van der Waals surface area (Å²) in [6, 6.07) is 53.1. The number of nitrogens with zero attached hydrogens (tertiary/aromatic N) is 3. The molecule has 10 aromatic rings. The van der Waals surface area contributed by atoms with Crippen LogP contribution in [0, 0.1) is 0 Å². The largest absolute Gasteiger partial charge is 0.455 e. The van der Waals surface area contributed by atoms with E-state index in [4.69, 9.17) is 14.4 Å². The minimum atomic E-state index is 0.633. The molecule has 0 aliphatic rings. The molecule has 0 N–H and O–H groups in total. The number of aromatic nitrogens is 3. The highest BCUT2D eigenvalue weighted by Gasteiger charge is 2.21. The Hall–Kier alpha value is -6.26. The second kappa shape index (κ2) is 9.62. The number of fused-ring (bicyclic) bond motifs is 9. The standard InChI is InChI=1S/C42H25N3O/c1-2-10-29-25-30(22-19-26(29)9-1)27-17-20-28(21-18-27)40-33-12-3-6-14-35(33)43-42(44-40)45-36-15-7-4-13-34(36)39-37(45)24-23-32-31-11-5-8-16-38(31)46-41(32)39/h1-25H. The van der Waals surface area contributed by atoms with Gasteiger partial charge in [0.2, 0.25) is 5.95 Å². The maximum Gasteiger partial charge on any atom is 0.235 e. The minimum absolute atomic E-state index is 0.633. The molecule has 0 unspecified atom stereocenters. The highest BCUT2D eigenvalue weighted by Crippen LogP contribution is 2.40. The number of hydrogen-bond acceptors (Lipinski definition) is 3. The van der Waals surface area contributed by atoms with Crippen LogP contribution < -0.4 is 0 Å². The predicted molar refractivity (Wildman–Crippen MR) is 190 cm³/mol. The van der Waals surface area contributed by atoms with Crippen molar-refractivity contribution < 1.29 is 4.42 Å². The van der Waals surface area contributed by atoms with Gasteiger partial charge in [-0.2, -0.15) is 0 Å². The number of furan rings is 1. The van der Waals surface area contributed by atoms with Crippen LogP contribution in [-0.4, -0.2) is 14.5 Å². The summed E-state index contributed by atoms with van der Waals surface area (Å²) >= 11 is 0. The fraction of sp³-hybridized carbons (Fsp3) is 0. The topological polar surface area (TPSA) is 43.9 Å². The second-order valence-electron chi connectivity index (χ2n) is 11.8. The smallest absolute Gasteiger partial charge is 0.235 e. The Morgan fingerprint density at radius 3 is 2.04 bits per heavy atom. The molecule has 0 radical (unpaired) electrons. The molecule has 4 heteroatoms. The Bertz CT molecular complexity index is 2810. The van der Waals surface area contributed by atoms with E-state index in [0.717, 1.165) is 65.9 Å². The van der Waals surface area contributed by atoms with Crippen LogP contribution >= 0.6 is 0 Å². The summed E-state index contributed by atoms with van der Waals surface area (Å²) in [4.78, 5) is 10.4. The van der Waals surface area contributed by atoms with Gasteiger partial charge in [0.15, 0.2) is 0 Å². The molecule has 7 aromatic carbocycles. The van der Waals surface area contributed by atoms with Crippen LogP contribution in [0.2, 0.25) is 0 Å². The first-order valence-electron chi connectivity index (χ1n) is 15.5. The van der Waals surface area contributed by atoms with Gasteiger partial charge in [0.05, 0.1) is 27.6 Å². The number of rotatable bonds is 3. The lowest BCUT2D eigenvalue weighted by Gasteiger charge is -2.12. The summed E-state index contributed by atoms with van der Waals surface area (Å²) in [7, 11) is 0. The van der Waals surface area contributed by atoms with E-state index in [0.29, 0.717) is 5.95 Å². The third kappa shape index (κ3) is 3.67. The monoisotopic (exact) mass is 587 g/mol. The molecular weight excluding hydrogens is 562 g/mol. The van der Waals surface area contributed by atoms with Crippen molar-refractivity contribution in [2.24, 2.45) is 0 Å². The van der Waals surface area contributed by atoms with Crippen LogP contribution in [0.3, 0.4) is 0 Å². The predicted octanol–water partition coefficient (Wildman–Crippen LogP) is 11.1. The average Bonchev–Trinajstić information content (AvgIpc) is 3.67. The molecule has 0 spiro atoms. The van der Waals surface area contributed by atoms with Crippen LogP contribution in [0.1, 0.15) is 0 Å². The molecule has 0 aliphatic carbocycles. The van der Waals surface area contributed by atoms with Crippen LogP contribution in [0.25, 0.3) is 93.8 Å². The molecule has 214 valence electrons. The molecule has 10 rings (SSSR count). The van der Waals surface area contributed by atoms with Gasteiger partial charge in [-0.15, -0.1) is 0 Å². The summed E-state index contributed by atoms with van der Waals surface area (Å²) in [5.74, 6) is 0.633. The lowest BCUT2D eigenvalue weighted by atomic mass is 9.99. The van der Waals surface area contributed by atoms with Crippen molar-refractivity contribution >= 4 is 65.4 Å². The lowest BCUT2D eigenvalue weighted by Crippen LogP contribution is -2.03. The van der Waals surface area contributed by atoms with Gasteiger partial charge in [0, 0.05) is 27.1 Å². The van der Waals surface area contributed by atoms with Gasteiger partial charge in [0.1, 0.15) is 11.2 Å². The fourth-order valence-corrected chi connectivity index (χ4v) is 7.02. The van der Waals surface area contributed by atoms with E-state index in [1.54, 1.807) is 0 Å². The Kier molecular flexibility index (Phi) is 5.25. The third-order valence-electron chi connectivity index (χ3n) is 9.21. The quantitative estimate of drug-likeness (QED) is 0.207. The van der Waals surface area contributed by atoms with Crippen molar-refractivity contribution in [1.29, 1.82) is 0 Å². The summed E-state index contributed by atoms with van der Waals surface area (Å²) in [5, 5.41) is 7.91. The maximum absolute atomic E-state index is 6.50. The van der Waals surface area contributed by atoms with Crippen molar-refractivity contribution in [3.8, 4) is 28.3 Å². The van der Waals surface area contributed by atoms with Gasteiger partial charge >= 0.3 is 0 Å². The van der Waals surface area contributed by atoms with Crippen molar-refractivity contribution in [2.75, 3.05) is 0 Å². The Balaban J connectivity index is 1.19. The molecular formula is C42H25N3O. The highest BCUT2D eigenvalue weighted by molar-refractivity contribution is 6.23. The maximum atomic E-state index is 6.50. The Morgan fingerprint density at radius 1 is 0.457 bits per heavy atom. The molecule has 3 heterocycles. The summed E-state index contributed by atoms with van der Waals surface area (Å²) in [6.45, 7) is 0. The van der Waals surface area contributed by atoms with Crippen LogP contribution in [0.4, 0.5) is 0 Å². The van der Waals surface area contributed by atoms with Gasteiger partial charge in [-0.05, 0) is 58.3 Å². The Morgan fingerprint density at radius 2 is 1.15 bits per heavy atom. The normalized spacial score (nSPS) is 11.9. The zero-order chi connectivity index (χ0) is 30.2. The first-order valence-corrected chi connectivity index (χ1v) is 15.5. The van der Waals surface area contributed by atoms with Crippen LogP contribution in [0.5, 0.6) is 0 Å². The first-order chi connectivity index (χ1) is 22.8. The van der Waals surface area contributed by atoms with E-state index in [1.165, 1.54) is 21.9 Å². The molecule has 0 saturated carbocycles. The molecule has 0 bridgehead atoms. The zero-order valence-corrected chi connectivity index (χ0v) is 24.7. The number of benzene rings is 7. The summed E-state index contributed by atoms with van der Waals surface area (Å²) in [5.41, 5.74) is 9.05. The third-order valence-corrected chi connectivity index (χ3v) is 9.21. The van der Waals surface area contributed by atoms with E-state index in [2.05, 4.69) is 138 Å². The SMILES string of the molecule is c1ccc2cc(-c3ccc(-c4nc(-n5c6ccccc6c6c7oc8ccccc8c7ccc65)nc5ccccc45)cc3)ccc2c1. The van der Waals surface area contributed by atoms with Crippen LogP contribution in [-0.2, 0) is 0 Å². The molecule has 4 nitrogen and oxygen atoms in total. The van der Waals surface area contributed by atoms with Crippen molar-refractivity contribution in [3.05, 3.63) is 152 Å². The van der Waals surface area contributed by atoms with E-state index < -0.39 is 0 Å². The summed E-state index contributed by atoms with van der Waals surface area (Å²) < 4.78 is 8.68. The highest BCUT2D eigenvalue weighted by atomic mass is 16.3. The second-order valence-corrected chi connectivity index (χ2v) is 11.8. The van der Waals surface area contributed by atoms with Crippen molar-refractivity contribution in [3.63, 3.8) is 0 Å². The van der Waals surface area contributed by atoms with Crippen molar-refractivity contribution in [2.45, 2.75) is 0 Å². The molecule has 3 aromatic heterocycles. The molecule has 0 atom stereocenters. The molecule has 0 fully saturated rings. The molecule has 0 amide bonds. The van der Waals surface area contributed by atoms with Crippen LogP contribution in [0.15, 0.2) is 156 Å². The van der Waals surface area contributed by atoms with E-state index >= 15 is 0 Å². The summed E-state index contributed by atoms with van der Waals surface area (Å²) in [6.07, 6.45) is 0. The van der Waals surface area contributed by atoms with E-state index in [-0.39, 0.29) is 0 Å². The fourth-order valence-electron chi connectivity index (χ4n) is 7.02. The Labute approximate surface area is 263 Å². The number of para-hydroxylation sites is 3. The van der Waals surface area contributed by atoms with E-state index in [1.807, 2.05) is 18.2 Å². The van der Waals surface area contributed by atoms with Gasteiger partial charge in [-0.1, -0.05) is 115 Å². The van der Waals surface area contributed by atoms with E-state index in [9.17, 15) is 0 Å². The number of hydrogen-bond donors (Lipinski definition) is 0. The average molecular weight is 588 g/mol. The molecule has 0 saturated heterocycles. The molecule has 0 aliphatic heterocycles. The van der Waals surface area contributed by atoms with Gasteiger partial charge < -0.3 is 4.42 Å². The zero-order valence-electron chi connectivity index (χ0n) is 24.7. The lowest BCUT2D eigenvalue weighted by molar-refractivity contribution is 0.673. The van der Waals surface area contributed by atoms with Gasteiger partial charge in [-0.3, -0.25) is 4.57 Å². The van der Waals surface area contributed by atoms with Gasteiger partial charge in [0.25, 0.3) is 0 Å². The first kappa shape index (κ1) is 25.1. The minimum Gasteiger partial charge on any atom is -0.455 e. The van der Waals surface area contributed by atoms with Crippen molar-refractivity contribution in [1.82, 2.24) is 14.5 Å².